The maximum absolute atomic E-state index is 12.8. The van der Waals surface area contributed by atoms with Gasteiger partial charge in [-0.05, 0) is 13.8 Å². The van der Waals surface area contributed by atoms with Crippen molar-refractivity contribution in [3.8, 4) is 0 Å². The van der Waals surface area contributed by atoms with Crippen LogP contribution in [0.25, 0.3) is 0 Å². The number of anilines is 1. The summed E-state index contributed by atoms with van der Waals surface area (Å²) in [6, 6.07) is 0.803. The summed E-state index contributed by atoms with van der Waals surface area (Å²) >= 11 is 0. The van der Waals surface area contributed by atoms with Crippen molar-refractivity contribution in [2.75, 3.05) is 4.72 Å². The van der Waals surface area contributed by atoms with Crippen LogP contribution in [0.4, 0.5) is 14.5 Å². The summed E-state index contributed by atoms with van der Waals surface area (Å²) in [5.74, 6) is -2.20. The minimum atomic E-state index is -4.31. The van der Waals surface area contributed by atoms with E-state index in [0.29, 0.717) is 0 Å². The molecule has 0 atom stereocenters. The van der Waals surface area contributed by atoms with Crippen molar-refractivity contribution in [3.05, 3.63) is 29.0 Å². The van der Waals surface area contributed by atoms with Gasteiger partial charge >= 0.3 is 5.97 Å². The van der Waals surface area contributed by atoms with E-state index in [1.807, 2.05) is 4.72 Å². The molecule has 0 bridgehead atoms. The predicted octanol–water partition coefficient (Wildman–Crippen LogP) is 2.06. The zero-order valence-electron chi connectivity index (χ0n) is 11.3. The number of aromatic carboxylic acids is 1. The number of aryl methyl sites for hydroxylation is 2. The summed E-state index contributed by atoms with van der Waals surface area (Å²) in [4.78, 5) is 10.3. The number of hydrogen-bond donors (Lipinski definition) is 3. The Hall–Kier alpha value is -2.43. The Morgan fingerprint density at radius 1 is 1.45 bits per heavy atom. The first-order chi connectivity index (χ1) is 10.1. The molecule has 11 heteroatoms. The smallest absolute Gasteiger partial charge is 0.371 e. The van der Waals surface area contributed by atoms with E-state index in [1.165, 1.54) is 13.8 Å². The average molecular weight is 335 g/mol. The summed E-state index contributed by atoms with van der Waals surface area (Å²) in [7, 11) is -4.31. The van der Waals surface area contributed by atoms with Gasteiger partial charge in [-0.2, -0.15) is 5.10 Å². The Morgan fingerprint density at radius 3 is 2.59 bits per heavy atom. The molecule has 0 saturated heterocycles. The Labute approximate surface area is 123 Å². The van der Waals surface area contributed by atoms with Gasteiger partial charge in [0.25, 0.3) is 16.4 Å². The number of carboxylic acids is 1. The summed E-state index contributed by atoms with van der Waals surface area (Å²) < 4.78 is 56.8. The first-order valence-electron chi connectivity index (χ1n) is 5.83. The second kappa shape index (κ2) is 5.40. The van der Waals surface area contributed by atoms with E-state index < -0.39 is 38.8 Å². The molecule has 2 rings (SSSR count). The van der Waals surface area contributed by atoms with Gasteiger partial charge in [-0.1, -0.05) is 0 Å². The van der Waals surface area contributed by atoms with Crippen molar-refractivity contribution >= 4 is 21.7 Å². The number of rotatable bonds is 5. The number of halogens is 2. The molecule has 2 aromatic heterocycles. The first kappa shape index (κ1) is 15.9. The molecule has 0 radical (unpaired) electrons. The summed E-state index contributed by atoms with van der Waals surface area (Å²) in [6.07, 6.45) is -2.98. The molecule has 2 heterocycles. The highest BCUT2D eigenvalue weighted by Crippen LogP contribution is 2.30. The van der Waals surface area contributed by atoms with E-state index in [9.17, 15) is 22.0 Å². The van der Waals surface area contributed by atoms with Crippen LogP contribution in [0.3, 0.4) is 0 Å². The van der Waals surface area contributed by atoms with Gasteiger partial charge in [-0.15, -0.1) is 0 Å². The number of aromatic amines is 1. The Bertz CT molecular complexity index is 825. The van der Waals surface area contributed by atoms with Crippen molar-refractivity contribution in [2.45, 2.75) is 25.2 Å². The second-order valence-electron chi connectivity index (χ2n) is 4.35. The van der Waals surface area contributed by atoms with Crippen molar-refractivity contribution < 1.29 is 31.5 Å². The molecule has 0 spiro atoms. The molecule has 2 aromatic rings. The Kier molecular flexibility index (Phi) is 3.92. The van der Waals surface area contributed by atoms with E-state index in [1.54, 1.807) is 0 Å². The van der Waals surface area contributed by atoms with E-state index in [0.717, 1.165) is 6.07 Å². The number of hydrogen-bond acceptors (Lipinski definition) is 5. The quantitative estimate of drug-likeness (QED) is 0.768. The summed E-state index contributed by atoms with van der Waals surface area (Å²) in [5.41, 5.74) is -1.04. The van der Waals surface area contributed by atoms with Crippen LogP contribution in [0.1, 0.15) is 34.1 Å². The number of aromatic nitrogens is 2. The van der Waals surface area contributed by atoms with Crippen LogP contribution in [0.5, 0.6) is 0 Å². The molecular formula is C11H11F2N3O5S. The third-order valence-corrected chi connectivity index (χ3v) is 4.25. The molecule has 22 heavy (non-hydrogen) atoms. The number of alkyl halides is 2. The molecule has 0 amide bonds. The van der Waals surface area contributed by atoms with Crippen LogP contribution in [-0.2, 0) is 10.0 Å². The average Bonchev–Trinajstić information content (AvgIpc) is 2.94. The highest BCUT2D eigenvalue weighted by atomic mass is 32.2. The van der Waals surface area contributed by atoms with Crippen LogP contribution in [-0.4, -0.2) is 29.7 Å². The van der Waals surface area contributed by atoms with E-state index >= 15 is 0 Å². The monoisotopic (exact) mass is 335 g/mol. The van der Waals surface area contributed by atoms with E-state index in [4.69, 9.17) is 9.52 Å². The Morgan fingerprint density at radius 2 is 2.09 bits per heavy atom. The van der Waals surface area contributed by atoms with Crippen LogP contribution in [0.2, 0.25) is 0 Å². The fourth-order valence-corrected chi connectivity index (χ4v) is 3.08. The van der Waals surface area contributed by atoms with Gasteiger partial charge in [0.05, 0.1) is 11.4 Å². The molecule has 0 unspecified atom stereocenters. The van der Waals surface area contributed by atoms with E-state index in [2.05, 4.69) is 10.2 Å². The molecular weight excluding hydrogens is 324 g/mol. The lowest BCUT2D eigenvalue weighted by molar-refractivity contribution is 0.0661. The minimum Gasteiger partial charge on any atom is -0.475 e. The summed E-state index contributed by atoms with van der Waals surface area (Å²) in [5, 5.41) is 14.4. The summed E-state index contributed by atoms with van der Waals surface area (Å²) in [6.45, 7) is 2.61. The van der Waals surface area contributed by atoms with Gasteiger partial charge < -0.3 is 9.52 Å². The molecule has 8 nitrogen and oxygen atoms in total. The lowest BCUT2D eigenvalue weighted by atomic mass is 10.3. The van der Waals surface area contributed by atoms with E-state index in [-0.39, 0.29) is 17.1 Å². The zero-order chi connectivity index (χ0) is 16.7. The molecule has 0 aliphatic rings. The molecule has 0 fully saturated rings. The van der Waals surface area contributed by atoms with Gasteiger partial charge in [-0.25, -0.2) is 22.0 Å². The largest absolute Gasteiger partial charge is 0.475 e. The van der Waals surface area contributed by atoms with Crippen molar-refractivity contribution in [3.63, 3.8) is 0 Å². The van der Waals surface area contributed by atoms with Crippen molar-refractivity contribution in [1.29, 1.82) is 0 Å². The highest BCUT2D eigenvalue weighted by molar-refractivity contribution is 7.92. The van der Waals surface area contributed by atoms with Gasteiger partial charge in [0.15, 0.2) is 5.69 Å². The third-order valence-electron chi connectivity index (χ3n) is 2.79. The van der Waals surface area contributed by atoms with Gasteiger partial charge in [0, 0.05) is 6.07 Å². The van der Waals surface area contributed by atoms with Gasteiger partial charge in [0.2, 0.25) is 5.76 Å². The van der Waals surface area contributed by atoms with Crippen molar-refractivity contribution in [1.82, 2.24) is 10.2 Å². The lowest BCUT2D eigenvalue weighted by Crippen LogP contribution is -2.15. The molecule has 0 aliphatic heterocycles. The normalized spacial score (nSPS) is 11.9. The number of sulfonamides is 1. The number of carbonyl (C=O) groups is 1. The predicted molar refractivity (Wildman–Crippen MR) is 69.5 cm³/mol. The number of nitrogens with zero attached hydrogens (tertiary/aromatic N) is 1. The lowest BCUT2D eigenvalue weighted by Gasteiger charge is -2.08. The first-order valence-corrected chi connectivity index (χ1v) is 7.31. The second-order valence-corrected chi connectivity index (χ2v) is 6.00. The SMILES string of the molecule is Cc1[nH]nc(C(F)F)c1NS(=O)(=O)c1cc(C(=O)O)oc1C. The minimum absolute atomic E-state index is 0.0958. The van der Waals surface area contributed by atoms with Crippen molar-refractivity contribution in [2.24, 2.45) is 0 Å². The number of furan rings is 1. The maximum atomic E-state index is 12.8. The van der Waals surface area contributed by atoms with Crippen LogP contribution >= 0.6 is 0 Å². The molecule has 3 N–H and O–H groups in total. The molecule has 0 saturated carbocycles. The molecule has 0 aliphatic carbocycles. The van der Waals surface area contributed by atoms with Gasteiger partial charge in [0.1, 0.15) is 10.7 Å². The number of H-pyrrole nitrogens is 1. The van der Waals surface area contributed by atoms with Crippen LogP contribution in [0, 0.1) is 13.8 Å². The highest BCUT2D eigenvalue weighted by Gasteiger charge is 2.28. The van der Waals surface area contributed by atoms with Crippen LogP contribution < -0.4 is 4.72 Å². The maximum Gasteiger partial charge on any atom is 0.371 e. The van der Waals surface area contributed by atoms with Crippen LogP contribution in [0.15, 0.2) is 15.4 Å². The number of carboxylic acid groups (broad SMARTS) is 1. The fourth-order valence-electron chi connectivity index (χ4n) is 1.76. The zero-order valence-corrected chi connectivity index (χ0v) is 12.2. The Balaban J connectivity index is 2.45. The third kappa shape index (κ3) is 2.79. The van der Waals surface area contributed by atoms with Gasteiger partial charge in [-0.3, -0.25) is 9.82 Å². The number of nitrogens with one attached hydrogen (secondary N) is 2. The fraction of sp³-hybridized carbons (Fsp3) is 0.273. The molecule has 0 aromatic carbocycles. The standard InChI is InChI=1S/C11H11F2N3O5S/c1-4-8(9(10(12)13)15-14-4)16-22(19,20)7-3-6(11(17)18)21-5(7)2/h3,10,16H,1-2H3,(H,14,15)(H,17,18). The topological polar surface area (TPSA) is 125 Å². The molecule has 120 valence electrons.